The highest BCUT2D eigenvalue weighted by Crippen LogP contribution is 2.15. The summed E-state index contributed by atoms with van der Waals surface area (Å²) in [7, 11) is 1.76. The summed E-state index contributed by atoms with van der Waals surface area (Å²) >= 11 is 0. The highest BCUT2D eigenvalue weighted by atomic mass is 16.5. The van der Waals surface area contributed by atoms with E-state index in [0.29, 0.717) is 30.3 Å². The Morgan fingerprint density at radius 2 is 2.43 bits per heavy atom. The Hall–Kier alpha value is -2.15. The van der Waals surface area contributed by atoms with Crippen molar-refractivity contribution in [1.82, 2.24) is 9.88 Å². The van der Waals surface area contributed by atoms with E-state index in [-0.39, 0.29) is 11.7 Å². The van der Waals surface area contributed by atoms with Crippen molar-refractivity contribution in [2.24, 2.45) is 16.8 Å². The number of amidine groups is 1. The highest BCUT2D eigenvalue weighted by Gasteiger charge is 2.20. The van der Waals surface area contributed by atoms with Gasteiger partial charge in [0, 0.05) is 32.0 Å². The molecule has 1 aromatic rings. The molecule has 114 valence electrons. The molecule has 1 aliphatic rings. The van der Waals surface area contributed by atoms with E-state index < -0.39 is 0 Å². The second-order valence-corrected chi connectivity index (χ2v) is 5.19. The Labute approximate surface area is 123 Å². The molecule has 1 unspecified atom stereocenters. The maximum absolute atomic E-state index is 12.3. The molecule has 0 spiro atoms. The minimum atomic E-state index is -0.147. The minimum absolute atomic E-state index is 0.0331. The lowest BCUT2D eigenvalue weighted by molar-refractivity contribution is 0.0387. The second-order valence-electron chi connectivity index (χ2n) is 5.19. The molecule has 0 radical (unpaired) electrons. The zero-order chi connectivity index (χ0) is 15.2. The Kier molecular flexibility index (Phi) is 5.10. The van der Waals surface area contributed by atoms with Crippen LogP contribution in [0.3, 0.4) is 0 Å². The van der Waals surface area contributed by atoms with Gasteiger partial charge in [0.15, 0.2) is 5.84 Å². The molecule has 2 heterocycles. The van der Waals surface area contributed by atoms with Gasteiger partial charge >= 0.3 is 0 Å². The van der Waals surface area contributed by atoms with Crippen LogP contribution in [0.5, 0.6) is 0 Å². The lowest BCUT2D eigenvalue weighted by Gasteiger charge is -2.27. The summed E-state index contributed by atoms with van der Waals surface area (Å²) in [6.07, 6.45) is 3.53. The molecule has 0 saturated carbocycles. The van der Waals surface area contributed by atoms with Crippen LogP contribution in [-0.4, -0.2) is 53.6 Å². The minimum Gasteiger partial charge on any atom is -0.409 e. The molecule has 2 rings (SSSR count). The monoisotopic (exact) mass is 292 g/mol. The molecular formula is C14H20N4O3. The molecule has 7 heteroatoms. The van der Waals surface area contributed by atoms with Crippen LogP contribution in [0.15, 0.2) is 23.5 Å². The smallest absolute Gasteiger partial charge is 0.272 e. The molecular weight excluding hydrogens is 272 g/mol. The number of oxime groups is 1. The Balaban J connectivity index is 1.98. The van der Waals surface area contributed by atoms with Gasteiger partial charge in [-0.3, -0.25) is 9.78 Å². The van der Waals surface area contributed by atoms with Gasteiger partial charge in [0.05, 0.1) is 6.61 Å². The summed E-state index contributed by atoms with van der Waals surface area (Å²) in [6, 6.07) is 3.18. The molecule has 1 aliphatic heterocycles. The van der Waals surface area contributed by atoms with Crippen molar-refractivity contribution < 1.29 is 14.7 Å². The van der Waals surface area contributed by atoms with Crippen LogP contribution in [0.4, 0.5) is 0 Å². The molecule has 7 nitrogen and oxygen atoms in total. The van der Waals surface area contributed by atoms with Crippen molar-refractivity contribution in [2.75, 3.05) is 26.8 Å². The number of ether oxygens (including phenoxy) is 1. The average molecular weight is 292 g/mol. The van der Waals surface area contributed by atoms with Gasteiger partial charge in [-0.25, -0.2) is 0 Å². The van der Waals surface area contributed by atoms with Gasteiger partial charge in [-0.05, 0) is 30.9 Å². The number of aromatic nitrogens is 1. The van der Waals surface area contributed by atoms with E-state index in [0.717, 1.165) is 19.4 Å². The molecule has 21 heavy (non-hydrogen) atoms. The van der Waals surface area contributed by atoms with Crippen molar-refractivity contribution in [1.29, 1.82) is 0 Å². The predicted molar refractivity (Wildman–Crippen MR) is 77.3 cm³/mol. The fraction of sp³-hybridized carbons (Fsp3) is 0.500. The Morgan fingerprint density at radius 1 is 1.62 bits per heavy atom. The van der Waals surface area contributed by atoms with Gasteiger partial charge in [0.1, 0.15) is 5.69 Å². The number of rotatable bonds is 4. The van der Waals surface area contributed by atoms with Gasteiger partial charge in [-0.1, -0.05) is 5.16 Å². The fourth-order valence-corrected chi connectivity index (χ4v) is 2.35. The van der Waals surface area contributed by atoms with Crippen LogP contribution in [0, 0.1) is 5.92 Å². The normalized spacial score (nSPS) is 19.3. The van der Waals surface area contributed by atoms with Gasteiger partial charge in [-0.2, -0.15) is 0 Å². The van der Waals surface area contributed by atoms with Gasteiger partial charge in [-0.15, -0.1) is 0 Å². The van der Waals surface area contributed by atoms with Crippen molar-refractivity contribution in [3.63, 3.8) is 0 Å². The van der Waals surface area contributed by atoms with Crippen molar-refractivity contribution in [3.05, 3.63) is 29.6 Å². The van der Waals surface area contributed by atoms with E-state index in [4.69, 9.17) is 15.7 Å². The summed E-state index contributed by atoms with van der Waals surface area (Å²) in [5.74, 6) is 0.199. The fourth-order valence-electron chi connectivity index (χ4n) is 2.35. The Morgan fingerprint density at radius 3 is 3.00 bits per heavy atom. The van der Waals surface area contributed by atoms with E-state index >= 15 is 0 Å². The lowest BCUT2D eigenvalue weighted by Crippen LogP contribution is -2.35. The topological polar surface area (TPSA) is 101 Å². The third kappa shape index (κ3) is 3.91. The number of carbonyl (C=O) groups is 1. The number of hydrogen-bond acceptors (Lipinski definition) is 5. The van der Waals surface area contributed by atoms with Crippen molar-refractivity contribution in [3.8, 4) is 0 Å². The van der Waals surface area contributed by atoms with Crippen molar-refractivity contribution >= 4 is 11.7 Å². The van der Waals surface area contributed by atoms with Gasteiger partial charge in [0.2, 0.25) is 0 Å². The number of nitrogens with zero attached hydrogens (tertiary/aromatic N) is 3. The standard InChI is InChI=1S/C14H20N4O3/c1-18(8-10-3-2-6-21-9-10)14(19)12-5-4-11(7-16-12)13(15)17-20/h4-5,7,10,20H,2-3,6,8-9H2,1H3,(H2,15,17). The molecule has 0 aromatic carbocycles. The van der Waals surface area contributed by atoms with E-state index in [1.807, 2.05) is 0 Å². The largest absolute Gasteiger partial charge is 0.409 e. The molecule has 1 fully saturated rings. The van der Waals surface area contributed by atoms with Crippen LogP contribution in [0.25, 0.3) is 0 Å². The van der Waals surface area contributed by atoms with Gasteiger partial charge < -0.3 is 20.6 Å². The van der Waals surface area contributed by atoms with Crippen LogP contribution >= 0.6 is 0 Å². The van der Waals surface area contributed by atoms with Crippen LogP contribution in [0.1, 0.15) is 28.9 Å². The Bertz CT molecular complexity index is 509. The molecule has 1 amide bonds. The molecule has 1 saturated heterocycles. The van der Waals surface area contributed by atoms with Crippen molar-refractivity contribution in [2.45, 2.75) is 12.8 Å². The number of hydrogen-bond donors (Lipinski definition) is 2. The number of nitrogens with two attached hydrogens (primary N) is 1. The quantitative estimate of drug-likeness (QED) is 0.368. The molecule has 0 bridgehead atoms. The number of pyridine rings is 1. The third-order valence-electron chi connectivity index (χ3n) is 3.52. The molecule has 0 aliphatic carbocycles. The highest BCUT2D eigenvalue weighted by molar-refractivity contribution is 5.98. The zero-order valence-electron chi connectivity index (χ0n) is 12.0. The average Bonchev–Trinajstić information content (AvgIpc) is 2.54. The SMILES string of the molecule is CN(CC1CCCOC1)C(=O)c1ccc(C(N)=NO)cn1. The second kappa shape index (κ2) is 7.03. The van der Waals surface area contributed by atoms with Crippen LogP contribution in [0.2, 0.25) is 0 Å². The van der Waals surface area contributed by atoms with E-state index in [2.05, 4.69) is 10.1 Å². The molecule has 3 N–H and O–H groups in total. The van der Waals surface area contributed by atoms with E-state index in [1.165, 1.54) is 6.20 Å². The lowest BCUT2D eigenvalue weighted by atomic mass is 10.0. The first-order valence-corrected chi connectivity index (χ1v) is 6.89. The van der Waals surface area contributed by atoms with Gasteiger partial charge in [0.25, 0.3) is 5.91 Å². The maximum Gasteiger partial charge on any atom is 0.272 e. The van der Waals surface area contributed by atoms with Crippen LogP contribution < -0.4 is 5.73 Å². The summed E-state index contributed by atoms with van der Waals surface area (Å²) in [5, 5.41) is 11.5. The number of amides is 1. The molecule has 1 aromatic heterocycles. The first kappa shape index (κ1) is 15.2. The third-order valence-corrected chi connectivity index (χ3v) is 3.52. The van der Waals surface area contributed by atoms with Crippen LogP contribution in [-0.2, 0) is 4.74 Å². The first-order chi connectivity index (χ1) is 10.1. The van der Waals surface area contributed by atoms with E-state index in [9.17, 15) is 4.79 Å². The predicted octanol–water partition coefficient (Wildman–Crippen LogP) is 0.675. The zero-order valence-corrected chi connectivity index (χ0v) is 12.0. The van der Waals surface area contributed by atoms with E-state index in [1.54, 1.807) is 24.1 Å². The maximum atomic E-state index is 12.3. The summed E-state index contributed by atoms with van der Waals surface area (Å²) in [6.45, 7) is 2.17. The summed E-state index contributed by atoms with van der Waals surface area (Å²) in [5.41, 5.74) is 6.26. The summed E-state index contributed by atoms with van der Waals surface area (Å²) < 4.78 is 5.42. The summed E-state index contributed by atoms with van der Waals surface area (Å²) in [4.78, 5) is 18.0. The first-order valence-electron chi connectivity index (χ1n) is 6.89. The number of carbonyl (C=O) groups excluding carboxylic acids is 1. The molecule has 1 atom stereocenters.